The van der Waals surface area contributed by atoms with Crippen LogP contribution >= 0.6 is 0 Å². The SMILES string of the molecule is N.N.c1ccc(-c2ccccn2)nc1. The van der Waals surface area contributed by atoms with Crippen molar-refractivity contribution in [3.05, 3.63) is 48.8 Å². The van der Waals surface area contributed by atoms with E-state index >= 15 is 0 Å². The zero-order valence-corrected chi connectivity index (χ0v) is 7.93. The van der Waals surface area contributed by atoms with E-state index in [1.165, 1.54) is 0 Å². The maximum absolute atomic E-state index is 4.19. The maximum Gasteiger partial charge on any atom is 0.0886 e. The van der Waals surface area contributed by atoms with E-state index in [1.807, 2.05) is 36.4 Å². The normalized spacial score (nSPS) is 8.29. The number of nitrogens with zero attached hydrogens (tertiary/aromatic N) is 2. The van der Waals surface area contributed by atoms with Gasteiger partial charge in [0.05, 0.1) is 11.4 Å². The molecule has 2 rings (SSSR count). The summed E-state index contributed by atoms with van der Waals surface area (Å²) in [6.07, 6.45) is 3.54. The van der Waals surface area contributed by atoms with Crippen molar-refractivity contribution in [3.8, 4) is 11.4 Å². The van der Waals surface area contributed by atoms with Crippen LogP contribution in [0.4, 0.5) is 0 Å². The van der Waals surface area contributed by atoms with Crippen LogP contribution in [0, 0.1) is 0 Å². The molecule has 2 aromatic heterocycles. The van der Waals surface area contributed by atoms with E-state index in [2.05, 4.69) is 9.97 Å². The Bertz CT molecular complexity index is 310. The minimum absolute atomic E-state index is 0. The minimum Gasteiger partial charge on any atom is -0.344 e. The second kappa shape index (κ2) is 5.80. The molecule has 2 heterocycles. The quantitative estimate of drug-likeness (QED) is 0.721. The third-order valence-corrected chi connectivity index (χ3v) is 1.59. The fourth-order valence-corrected chi connectivity index (χ4v) is 1.03. The maximum atomic E-state index is 4.19. The summed E-state index contributed by atoms with van der Waals surface area (Å²) in [7, 11) is 0. The fraction of sp³-hybridized carbons (Fsp3) is 0. The van der Waals surface area contributed by atoms with Crippen molar-refractivity contribution in [1.82, 2.24) is 22.3 Å². The summed E-state index contributed by atoms with van der Waals surface area (Å²) in [5.74, 6) is 0. The van der Waals surface area contributed by atoms with Crippen LogP contribution in [-0.2, 0) is 0 Å². The van der Waals surface area contributed by atoms with Gasteiger partial charge in [0.25, 0.3) is 0 Å². The first-order valence-electron chi connectivity index (χ1n) is 3.79. The molecule has 0 saturated heterocycles. The van der Waals surface area contributed by atoms with Gasteiger partial charge >= 0.3 is 0 Å². The van der Waals surface area contributed by atoms with Gasteiger partial charge in [-0.05, 0) is 24.3 Å². The fourth-order valence-electron chi connectivity index (χ4n) is 1.03. The molecule has 0 aliphatic rings. The summed E-state index contributed by atoms with van der Waals surface area (Å²) in [6.45, 7) is 0. The smallest absolute Gasteiger partial charge is 0.0886 e. The van der Waals surface area contributed by atoms with Crippen molar-refractivity contribution in [3.63, 3.8) is 0 Å². The van der Waals surface area contributed by atoms with Crippen LogP contribution in [0.3, 0.4) is 0 Å². The molecule has 0 fully saturated rings. The van der Waals surface area contributed by atoms with Gasteiger partial charge in [-0.3, -0.25) is 9.97 Å². The second-order valence-corrected chi connectivity index (χ2v) is 2.43. The van der Waals surface area contributed by atoms with Crippen molar-refractivity contribution in [2.24, 2.45) is 0 Å². The Labute approximate surface area is 83.2 Å². The van der Waals surface area contributed by atoms with E-state index in [0.717, 1.165) is 11.4 Å². The van der Waals surface area contributed by atoms with Gasteiger partial charge in [0.15, 0.2) is 0 Å². The molecule has 0 radical (unpaired) electrons. The largest absolute Gasteiger partial charge is 0.344 e. The lowest BCUT2D eigenvalue weighted by Crippen LogP contribution is -1.83. The molecule has 0 unspecified atom stereocenters. The molecule has 0 amide bonds. The Balaban J connectivity index is 0.000000845. The predicted octanol–water partition coefficient (Wildman–Crippen LogP) is 2.47. The van der Waals surface area contributed by atoms with Crippen LogP contribution in [0.2, 0.25) is 0 Å². The first-order chi connectivity index (χ1) is 5.97. The Morgan fingerprint density at radius 3 is 1.36 bits per heavy atom. The summed E-state index contributed by atoms with van der Waals surface area (Å²) in [5, 5.41) is 0. The summed E-state index contributed by atoms with van der Waals surface area (Å²) < 4.78 is 0. The van der Waals surface area contributed by atoms with Crippen molar-refractivity contribution in [2.45, 2.75) is 0 Å². The minimum atomic E-state index is 0. The molecule has 0 spiro atoms. The van der Waals surface area contributed by atoms with E-state index in [4.69, 9.17) is 0 Å². The van der Waals surface area contributed by atoms with Crippen molar-refractivity contribution in [2.75, 3.05) is 0 Å². The second-order valence-electron chi connectivity index (χ2n) is 2.43. The van der Waals surface area contributed by atoms with E-state index < -0.39 is 0 Å². The monoisotopic (exact) mass is 190 g/mol. The number of rotatable bonds is 1. The first-order valence-corrected chi connectivity index (χ1v) is 3.79. The van der Waals surface area contributed by atoms with Crippen molar-refractivity contribution in [1.29, 1.82) is 0 Å². The summed E-state index contributed by atoms with van der Waals surface area (Å²) in [5.41, 5.74) is 1.83. The molecule has 2 aromatic rings. The topological polar surface area (TPSA) is 95.8 Å². The molecule has 0 aliphatic carbocycles. The van der Waals surface area contributed by atoms with Crippen LogP contribution in [0.5, 0.6) is 0 Å². The first kappa shape index (κ1) is 12.2. The van der Waals surface area contributed by atoms with Gasteiger partial charge in [-0.15, -0.1) is 0 Å². The molecular weight excluding hydrogens is 176 g/mol. The van der Waals surface area contributed by atoms with Gasteiger partial charge in [0.2, 0.25) is 0 Å². The summed E-state index contributed by atoms with van der Waals surface area (Å²) >= 11 is 0. The zero-order chi connectivity index (χ0) is 8.23. The highest BCUT2D eigenvalue weighted by Gasteiger charge is 1.95. The molecule has 0 aliphatic heterocycles. The van der Waals surface area contributed by atoms with Gasteiger partial charge in [-0.2, -0.15) is 0 Å². The molecule has 6 N–H and O–H groups in total. The number of hydrogen-bond donors (Lipinski definition) is 2. The number of pyridine rings is 2. The molecule has 0 atom stereocenters. The lowest BCUT2D eigenvalue weighted by molar-refractivity contribution is 1.25. The average molecular weight is 190 g/mol. The highest BCUT2D eigenvalue weighted by atomic mass is 14.7. The van der Waals surface area contributed by atoms with Crippen LogP contribution < -0.4 is 12.3 Å². The Morgan fingerprint density at radius 1 is 0.643 bits per heavy atom. The van der Waals surface area contributed by atoms with Gasteiger partial charge < -0.3 is 12.3 Å². The Morgan fingerprint density at radius 2 is 1.07 bits per heavy atom. The molecular formula is C10H14N4. The molecule has 0 bridgehead atoms. The third kappa shape index (κ3) is 2.62. The summed E-state index contributed by atoms with van der Waals surface area (Å²) in [6, 6.07) is 11.6. The molecule has 0 saturated carbocycles. The number of hydrogen-bond acceptors (Lipinski definition) is 4. The lowest BCUT2D eigenvalue weighted by atomic mass is 10.2. The Kier molecular flexibility index (Phi) is 5.06. The van der Waals surface area contributed by atoms with Crippen molar-refractivity contribution < 1.29 is 0 Å². The van der Waals surface area contributed by atoms with Crippen LogP contribution in [0.15, 0.2) is 48.8 Å². The zero-order valence-electron chi connectivity index (χ0n) is 7.93. The highest BCUT2D eigenvalue weighted by molar-refractivity contribution is 5.52. The van der Waals surface area contributed by atoms with E-state index in [0.29, 0.717) is 0 Å². The predicted molar refractivity (Wildman–Crippen MR) is 57.5 cm³/mol. The van der Waals surface area contributed by atoms with Crippen LogP contribution in [-0.4, -0.2) is 9.97 Å². The van der Waals surface area contributed by atoms with Crippen LogP contribution in [0.25, 0.3) is 11.4 Å². The molecule has 4 nitrogen and oxygen atoms in total. The Hall–Kier alpha value is -1.78. The van der Waals surface area contributed by atoms with Gasteiger partial charge in [0, 0.05) is 12.4 Å². The van der Waals surface area contributed by atoms with E-state index in [1.54, 1.807) is 12.4 Å². The van der Waals surface area contributed by atoms with Gasteiger partial charge in [0.1, 0.15) is 0 Å². The lowest BCUT2D eigenvalue weighted by Gasteiger charge is -1.96. The molecule has 74 valence electrons. The molecule has 4 heteroatoms. The molecule has 0 aromatic carbocycles. The van der Waals surface area contributed by atoms with Gasteiger partial charge in [-0.25, -0.2) is 0 Å². The number of aromatic nitrogens is 2. The molecule has 14 heavy (non-hydrogen) atoms. The third-order valence-electron chi connectivity index (χ3n) is 1.59. The van der Waals surface area contributed by atoms with Crippen molar-refractivity contribution >= 4 is 0 Å². The van der Waals surface area contributed by atoms with E-state index in [9.17, 15) is 0 Å². The standard InChI is InChI=1S/C10H8N2.2H3N/c1-3-7-11-9(5-1)10-6-2-4-8-12-10;;/h1-8H;2*1H3. The summed E-state index contributed by atoms with van der Waals surface area (Å²) in [4.78, 5) is 8.37. The van der Waals surface area contributed by atoms with Crippen LogP contribution in [0.1, 0.15) is 0 Å². The average Bonchev–Trinajstić information content (AvgIpc) is 2.21. The van der Waals surface area contributed by atoms with E-state index in [-0.39, 0.29) is 12.3 Å². The van der Waals surface area contributed by atoms with Gasteiger partial charge in [-0.1, -0.05) is 12.1 Å². The highest BCUT2D eigenvalue weighted by Crippen LogP contribution is 2.10.